The molecule has 0 saturated heterocycles. The third-order valence-electron chi connectivity index (χ3n) is 3.56. The molecule has 6 heteroatoms. The number of hydrogen-bond donors (Lipinski definition) is 2. The van der Waals surface area contributed by atoms with Crippen LogP contribution in [0.1, 0.15) is 40.5 Å². The first kappa shape index (κ1) is 16.2. The standard InChI is InChI=1S/C16H18N2O3S/c1-10-6-4-5-7-11(10)16(2,3)15(21)17-8-13-18-12(9-22-13)14(19)20/h4-7,9H,8H2,1-3H3,(H,17,21)(H,19,20). The van der Waals surface area contributed by atoms with Gasteiger partial charge in [-0.25, -0.2) is 9.78 Å². The van der Waals surface area contributed by atoms with Gasteiger partial charge in [0.2, 0.25) is 5.91 Å². The van der Waals surface area contributed by atoms with E-state index in [0.717, 1.165) is 11.1 Å². The van der Waals surface area contributed by atoms with E-state index in [1.54, 1.807) is 0 Å². The van der Waals surface area contributed by atoms with Gasteiger partial charge in [0.1, 0.15) is 5.01 Å². The number of carboxylic acid groups (broad SMARTS) is 1. The fourth-order valence-electron chi connectivity index (χ4n) is 2.26. The Kier molecular flexibility index (Phi) is 4.61. The lowest BCUT2D eigenvalue weighted by Gasteiger charge is -2.25. The monoisotopic (exact) mass is 318 g/mol. The number of carbonyl (C=O) groups is 2. The minimum atomic E-state index is -1.06. The van der Waals surface area contributed by atoms with Crippen LogP contribution in [-0.2, 0) is 16.8 Å². The summed E-state index contributed by atoms with van der Waals surface area (Å²) in [5.74, 6) is -1.18. The number of aromatic nitrogens is 1. The molecule has 0 spiro atoms. The van der Waals surface area contributed by atoms with Crippen molar-refractivity contribution in [2.24, 2.45) is 0 Å². The second kappa shape index (κ2) is 6.27. The number of aromatic carboxylic acids is 1. The van der Waals surface area contributed by atoms with Gasteiger partial charge in [-0.3, -0.25) is 4.79 Å². The van der Waals surface area contributed by atoms with Crippen molar-refractivity contribution in [1.82, 2.24) is 10.3 Å². The molecule has 0 aliphatic heterocycles. The predicted molar refractivity (Wildman–Crippen MR) is 85.1 cm³/mol. The van der Waals surface area contributed by atoms with Gasteiger partial charge >= 0.3 is 5.97 Å². The molecule has 1 amide bonds. The normalized spacial score (nSPS) is 11.2. The van der Waals surface area contributed by atoms with Crippen LogP contribution in [0.4, 0.5) is 0 Å². The molecule has 0 aliphatic rings. The molecule has 22 heavy (non-hydrogen) atoms. The first-order valence-corrected chi connectivity index (χ1v) is 7.72. The van der Waals surface area contributed by atoms with Crippen LogP contribution in [-0.4, -0.2) is 22.0 Å². The number of carboxylic acids is 1. The average molecular weight is 318 g/mol. The van der Waals surface area contributed by atoms with E-state index < -0.39 is 11.4 Å². The second-order valence-electron chi connectivity index (χ2n) is 5.55. The number of hydrogen-bond acceptors (Lipinski definition) is 4. The Labute approximate surface area is 133 Å². The Morgan fingerprint density at radius 3 is 2.59 bits per heavy atom. The molecule has 2 rings (SSSR count). The largest absolute Gasteiger partial charge is 0.476 e. The van der Waals surface area contributed by atoms with Crippen LogP contribution in [0, 0.1) is 6.92 Å². The van der Waals surface area contributed by atoms with Gasteiger partial charge in [0.15, 0.2) is 5.69 Å². The molecular weight excluding hydrogens is 300 g/mol. The van der Waals surface area contributed by atoms with Crippen molar-refractivity contribution in [2.75, 3.05) is 0 Å². The minimum Gasteiger partial charge on any atom is -0.476 e. The van der Waals surface area contributed by atoms with Crippen molar-refractivity contribution >= 4 is 23.2 Å². The lowest BCUT2D eigenvalue weighted by molar-refractivity contribution is -0.125. The van der Waals surface area contributed by atoms with Gasteiger partial charge < -0.3 is 10.4 Å². The van der Waals surface area contributed by atoms with Crippen LogP contribution < -0.4 is 5.32 Å². The molecule has 0 radical (unpaired) electrons. The van der Waals surface area contributed by atoms with E-state index in [4.69, 9.17) is 5.11 Å². The van der Waals surface area contributed by atoms with E-state index in [1.165, 1.54) is 16.7 Å². The fraction of sp³-hybridized carbons (Fsp3) is 0.312. The van der Waals surface area contributed by atoms with Gasteiger partial charge in [-0.05, 0) is 31.9 Å². The maximum absolute atomic E-state index is 12.5. The molecular formula is C16H18N2O3S. The number of nitrogens with zero attached hydrogens (tertiary/aromatic N) is 1. The molecule has 0 bridgehead atoms. The highest BCUT2D eigenvalue weighted by molar-refractivity contribution is 7.09. The summed E-state index contributed by atoms with van der Waals surface area (Å²) in [4.78, 5) is 27.2. The molecule has 116 valence electrons. The first-order chi connectivity index (χ1) is 10.3. The smallest absolute Gasteiger partial charge is 0.355 e. The van der Waals surface area contributed by atoms with Crippen molar-refractivity contribution < 1.29 is 14.7 Å². The summed E-state index contributed by atoms with van der Waals surface area (Å²) in [7, 11) is 0. The highest BCUT2D eigenvalue weighted by Gasteiger charge is 2.30. The summed E-state index contributed by atoms with van der Waals surface area (Å²) in [6.45, 7) is 5.95. The summed E-state index contributed by atoms with van der Waals surface area (Å²) in [6.07, 6.45) is 0. The third-order valence-corrected chi connectivity index (χ3v) is 4.41. The highest BCUT2D eigenvalue weighted by atomic mass is 32.1. The summed E-state index contributed by atoms with van der Waals surface area (Å²) in [5.41, 5.74) is 1.37. The van der Waals surface area contributed by atoms with Crippen molar-refractivity contribution in [1.29, 1.82) is 0 Å². The van der Waals surface area contributed by atoms with E-state index in [-0.39, 0.29) is 18.1 Å². The van der Waals surface area contributed by atoms with Gasteiger partial charge in [-0.2, -0.15) is 0 Å². The van der Waals surface area contributed by atoms with Crippen molar-refractivity contribution in [3.8, 4) is 0 Å². The maximum Gasteiger partial charge on any atom is 0.355 e. The number of rotatable bonds is 5. The maximum atomic E-state index is 12.5. The molecule has 2 N–H and O–H groups in total. The van der Waals surface area contributed by atoms with Crippen LogP contribution in [0.15, 0.2) is 29.6 Å². The van der Waals surface area contributed by atoms with Crippen molar-refractivity contribution in [3.05, 3.63) is 51.5 Å². The molecule has 0 atom stereocenters. The average Bonchev–Trinajstić information content (AvgIpc) is 2.94. The number of benzene rings is 1. The van der Waals surface area contributed by atoms with Crippen LogP contribution in [0.25, 0.3) is 0 Å². The zero-order chi connectivity index (χ0) is 16.3. The number of thiazole rings is 1. The van der Waals surface area contributed by atoms with Gasteiger partial charge in [0.25, 0.3) is 0 Å². The second-order valence-corrected chi connectivity index (χ2v) is 6.50. The summed E-state index contributed by atoms with van der Waals surface area (Å²) < 4.78 is 0. The Morgan fingerprint density at radius 2 is 2.00 bits per heavy atom. The zero-order valence-corrected chi connectivity index (χ0v) is 13.5. The Hall–Kier alpha value is -2.21. The zero-order valence-electron chi connectivity index (χ0n) is 12.7. The van der Waals surface area contributed by atoms with E-state index in [2.05, 4.69) is 10.3 Å². The van der Waals surface area contributed by atoms with Gasteiger partial charge in [-0.1, -0.05) is 24.3 Å². The molecule has 0 fully saturated rings. The number of amides is 1. The molecule has 1 heterocycles. The van der Waals surface area contributed by atoms with Crippen LogP contribution in [0.5, 0.6) is 0 Å². The molecule has 0 saturated carbocycles. The summed E-state index contributed by atoms with van der Waals surface area (Å²) in [6, 6.07) is 7.78. The fourth-order valence-corrected chi connectivity index (χ4v) is 2.97. The quantitative estimate of drug-likeness (QED) is 0.888. The highest BCUT2D eigenvalue weighted by Crippen LogP contribution is 2.26. The Morgan fingerprint density at radius 1 is 1.32 bits per heavy atom. The van der Waals surface area contributed by atoms with Crippen LogP contribution >= 0.6 is 11.3 Å². The topological polar surface area (TPSA) is 79.3 Å². The number of aryl methyl sites for hydroxylation is 1. The van der Waals surface area contributed by atoms with Gasteiger partial charge in [-0.15, -0.1) is 11.3 Å². The number of carbonyl (C=O) groups excluding carboxylic acids is 1. The van der Waals surface area contributed by atoms with Gasteiger partial charge in [0, 0.05) is 5.38 Å². The van der Waals surface area contributed by atoms with E-state index >= 15 is 0 Å². The molecule has 1 aromatic heterocycles. The molecule has 5 nitrogen and oxygen atoms in total. The minimum absolute atomic E-state index is 0.00686. The van der Waals surface area contributed by atoms with E-state index in [9.17, 15) is 9.59 Å². The van der Waals surface area contributed by atoms with Crippen LogP contribution in [0.3, 0.4) is 0 Å². The van der Waals surface area contributed by atoms with E-state index in [0.29, 0.717) is 5.01 Å². The summed E-state index contributed by atoms with van der Waals surface area (Å²) >= 11 is 1.22. The predicted octanol–water partition coefficient (Wildman–Crippen LogP) is 2.74. The van der Waals surface area contributed by atoms with Crippen molar-refractivity contribution in [3.63, 3.8) is 0 Å². The summed E-state index contributed by atoms with van der Waals surface area (Å²) in [5, 5.41) is 13.7. The lowest BCUT2D eigenvalue weighted by atomic mass is 9.81. The molecule has 2 aromatic rings. The van der Waals surface area contributed by atoms with Crippen molar-refractivity contribution in [2.45, 2.75) is 32.7 Å². The molecule has 0 aliphatic carbocycles. The lowest BCUT2D eigenvalue weighted by Crippen LogP contribution is -2.40. The Bertz CT molecular complexity index is 707. The van der Waals surface area contributed by atoms with Gasteiger partial charge in [0.05, 0.1) is 12.0 Å². The Balaban J connectivity index is 2.07. The third kappa shape index (κ3) is 3.33. The molecule has 0 unspecified atom stereocenters. The SMILES string of the molecule is Cc1ccccc1C(C)(C)C(=O)NCc1nc(C(=O)O)cs1. The molecule has 1 aromatic carbocycles. The number of nitrogens with one attached hydrogen (secondary N) is 1. The van der Waals surface area contributed by atoms with E-state index in [1.807, 2.05) is 45.0 Å². The van der Waals surface area contributed by atoms with Crippen LogP contribution in [0.2, 0.25) is 0 Å². The first-order valence-electron chi connectivity index (χ1n) is 6.84.